The van der Waals surface area contributed by atoms with Crippen LogP contribution in [0.15, 0.2) is 88.7 Å². The summed E-state index contributed by atoms with van der Waals surface area (Å²) in [4.78, 5) is 56.5. The average Bonchev–Trinajstić information content (AvgIpc) is 3.47. The van der Waals surface area contributed by atoms with Gasteiger partial charge in [-0.1, -0.05) is 53.4 Å². The summed E-state index contributed by atoms with van der Waals surface area (Å²) < 4.78 is 10.9. The van der Waals surface area contributed by atoms with Gasteiger partial charge in [0.05, 0.1) is 23.7 Å². The van der Waals surface area contributed by atoms with Crippen LogP contribution in [-0.2, 0) is 14.4 Å². The number of imide groups is 1. The molecule has 11 heteroatoms. The van der Waals surface area contributed by atoms with Gasteiger partial charge in [0.25, 0.3) is 5.91 Å². The Morgan fingerprint density at radius 2 is 1.62 bits per heavy atom. The molecule has 2 aliphatic heterocycles. The Labute approximate surface area is 237 Å². The number of para-hydroxylation sites is 1. The first-order valence-electron chi connectivity index (χ1n) is 12.4. The first kappa shape index (κ1) is 25.9. The Bertz CT molecular complexity index is 1630. The monoisotopic (exact) mass is 573 g/mol. The number of aromatic amines is 1. The number of aromatic nitrogens is 1. The second kappa shape index (κ2) is 10.7. The molecule has 2 N–H and O–H groups in total. The van der Waals surface area contributed by atoms with Crippen molar-refractivity contribution in [3.05, 3.63) is 99.0 Å². The third-order valence-corrected chi connectivity index (χ3v) is 9.22. The van der Waals surface area contributed by atoms with Gasteiger partial charge in [0.1, 0.15) is 16.7 Å². The lowest BCUT2D eigenvalue weighted by molar-refractivity contribution is -0.122. The predicted octanol–water partition coefficient (Wildman–Crippen LogP) is 4.26. The first-order chi connectivity index (χ1) is 19.4. The van der Waals surface area contributed by atoms with Crippen molar-refractivity contribution in [1.82, 2.24) is 4.98 Å². The van der Waals surface area contributed by atoms with Crippen molar-refractivity contribution >= 4 is 52.2 Å². The van der Waals surface area contributed by atoms with Crippen LogP contribution in [0.3, 0.4) is 0 Å². The number of thioether (sulfide) groups is 1. The van der Waals surface area contributed by atoms with Crippen molar-refractivity contribution < 1.29 is 23.9 Å². The highest BCUT2D eigenvalue weighted by Crippen LogP contribution is 2.53. The number of anilines is 2. The fourth-order valence-corrected chi connectivity index (χ4v) is 7.52. The van der Waals surface area contributed by atoms with E-state index in [4.69, 9.17) is 9.47 Å². The topological polar surface area (TPSA) is 118 Å². The number of methoxy groups -OCH3 is 1. The highest BCUT2D eigenvalue weighted by Gasteiger charge is 2.56. The second-order valence-corrected chi connectivity index (χ2v) is 11.4. The summed E-state index contributed by atoms with van der Waals surface area (Å²) >= 11 is 2.28. The number of nitrogens with zero attached hydrogens (tertiary/aromatic N) is 1. The van der Waals surface area contributed by atoms with Gasteiger partial charge in [0.15, 0.2) is 6.61 Å². The Hall–Kier alpha value is -4.35. The summed E-state index contributed by atoms with van der Waals surface area (Å²) in [6, 6.07) is 22.9. The van der Waals surface area contributed by atoms with Crippen LogP contribution in [0.1, 0.15) is 16.4 Å². The van der Waals surface area contributed by atoms with Crippen LogP contribution in [0, 0.1) is 5.92 Å². The molecule has 4 aromatic rings. The number of H-pyrrole nitrogens is 1. The van der Waals surface area contributed by atoms with Crippen molar-refractivity contribution in [3.63, 3.8) is 0 Å². The quantitative estimate of drug-likeness (QED) is 0.317. The lowest BCUT2D eigenvalue weighted by atomic mass is 9.83. The van der Waals surface area contributed by atoms with E-state index in [1.54, 1.807) is 55.6 Å². The molecule has 0 bridgehead atoms. The number of thiazole rings is 1. The highest BCUT2D eigenvalue weighted by atomic mass is 32.2. The minimum absolute atomic E-state index is 0.174. The third-order valence-electron chi connectivity index (χ3n) is 6.82. The fourth-order valence-electron chi connectivity index (χ4n) is 5.00. The van der Waals surface area contributed by atoms with Crippen LogP contribution < -0.4 is 24.6 Å². The molecule has 0 aliphatic carbocycles. The lowest BCUT2D eigenvalue weighted by Crippen LogP contribution is -2.32. The maximum atomic E-state index is 13.8. The van der Waals surface area contributed by atoms with Gasteiger partial charge < -0.3 is 19.8 Å². The summed E-state index contributed by atoms with van der Waals surface area (Å²) in [6.45, 7) is -0.174. The summed E-state index contributed by atoms with van der Waals surface area (Å²) in [5.74, 6) is -1.03. The highest BCUT2D eigenvalue weighted by molar-refractivity contribution is 8.00. The molecule has 1 saturated heterocycles. The smallest absolute Gasteiger partial charge is 0.305 e. The van der Waals surface area contributed by atoms with Gasteiger partial charge in [-0.3, -0.25) is 19.2 Å². The molecular weight excluding hydrogens is 550 g/mol. The zero-order valence-corrected chi connectivity index (χ0v) is 22.8. The van der Waals surface area contributed by atoms with E-state index in [-0.39, 0.29) is 29.2 Å². The van der Waals surface area contributed by atoms with Crippen LogP contribution >= 0.6 is 23.1 Å². The zero-order chi connectivity index (χ0) is 27.8. The SMILES string of the molecule is COc1ccc(N2C(=O)C3Sc4[nH]c(=O)sc4C(c4ccc(OCC(=O)Nc5ccccc5)cc4)C3C2=O)cc1. The van der Waals surface area contributed by atoms with E-state index >= 15 is 0 Å². The van der Waals surface area contributed by atoms with Crippen molar-refractivity contribution in [2.45, 2.75) is 16.2 Å². The normalized spacial score (nSPS) is 19.6. The van der Waals surface area contributed by atoms with Crippen LogP contribution in [-0.4, -0.2) is 41.7 Å². The van der Waals surface area contributed by atoms with Gasteiger partial charge in [0, 0.05) is 16.5 Å². The molecule has 0 spiro atoms. The molecule has 3 amide bonds. The number of amides is 3. The molecular formula is C29H23N3O6S2. The van der Waals surface area contributed by atoms with Gasteiger partial charge in [-0.25, -0.2) is 4.90 Å². The van der Waals surface area contributed by atoms with E-state index in [0.717, 1.165) is 21.8 Å². The van der Waals surface area contributed by atoms with E-state index < -0.39 is 17.1 Å². The number of hydrogen-bond donors (Lipinski definition) is 2. The van der Waals surface area contributed by atoms with Gasteiger partial charge >= 0.3 is 4.87 Å². The van der Waals surface area contributed by atoms with Crippen molar-refractivity contribution in [2.75, 3.05) is 23.9 Å². The number of carbonyl (C=O) groups is 3. The Morgan fingerprint density at radius 1 is 0.925 bits per heavy atom. The average molecular weight is 574 g/mol. The van der Waals surface area contributed by atoms with E-state index in [1.165, 1.54) is 16.7 Å². The number of rotatable bonds is 7. The number of benzene rings is 3. The Balaban J connectivity index is 1.25. The molecule has 9 nitrogen and oxygen atoms in total. The Kier molecular flexibility index (Phi) is 6.91. The van der Waals surface area contributed by atoms with Gasteiger partial charge in [0.2, 0.25) is 11.8 Å². The predicted molar refractivity (Wildman–Crippen MR) is 152 cm³/mol. The number of ether oxygens (including phenoxy) is 2. The molecule has 1 fully saturated rings. The molecule has 3 atom stereocenters. The molecule has 0 radical (unpaired) electrons. The number of nitrogens with one attached hydrogen (secondary N) is 2. The molecule has 1 aromatic heterocycles. The van der Waals surface area contributed by atoms with Crippen LogP contribution in [0.4, 0.5) is 11.4 Å². The third kappa shape index (κ3) is 4.78. The molecule has 3 aromatic carbocycles. The van der Waals surface area contributed by atoms with Gasteiger partial charge in [-0.2, -0.15) is 0 Å². The van der Waals surface area contributed by atoms with Crippen LogP contribution in [0.5, 0.6) is 11.5 Å². The van der Waals surface area contributed by atoms with E-state index in [0.29, 0.717) is 27.9 Å². The molecule has 6 rings (SSSR count). The van der Waals surface area contributed by atoms with Crippen LogP contribution in [0.2, 0.25) is 0 Å². The van der Waals surface area contributed by atoms with Crippen molar-refractivity contribution in [3.8, 4) is 11.5 Å². The second-order valence-electron chi connectivity index (χ2n) is 9.23. The Morgan fingerprint density at radius 3 is 2.33 bits per heavy atom. The first-order valence-corrected chi connectivity index (χ1v) is 14.1. The van der Waals surface area contributed by atoms with E-state index in [1.807, 2.05) is 30.3 Å². The minimum atomic E-state index is -0.693. The molecule has 3 heterocycles. The van der Waals surface area contributed by atoms with Gasteiger partial charge in [-0.15, -0.1) is 0 Å². The van der Waals surface area contributed by atoms with Crippen LogP contribution in [0.25, 0.3) is 0 Å². The van der Waals surface area contributed by atoms with Gasteiger partial charge in [-0.05, 0) is 54.1 Å². The molecule has 202 valence electrons. The summed E-state index contributed by atoms with van der Waals surface area (Å²) in [7, 11) is 1.55. The number of fused-ring (bicyclic) bond motifs is 2. The lowest BCUT2D eigenvalue weighted by Gasteiger charge is -2.29. The summed E-state index contributed by atoms with van der Waals surface area (Å²) in [6.07, 6.45) is 0. The standard InChI is InChI=1S/C29H23N3O6S2/c1-37-19-13-9-18(10-14-19)32-27(34)23-22(24-26(31-29(36)40-24)39-25(23)28(32)35)16-7-11-20(12-8-16)38-15-21(33)30-17-5-3-2-4-6-17/h2-14,22-23,25H,15H2,1H3,(H,30,33)(H,31,36). The van der Waals surface area contributed by atoms with E-state index in [9.17, 15) is 19.2 Å². The van der Waals surface area contributed by atoms with E-state index in [2.05, 4.69) is 10.3 Å². The minimum Gasteiger partial charge on any atom is -0.497 e. The zero-order valence-electron chi connectivity index (χ0n) is 21.2. The number of carbonyl (C=O) groups excluding carboxylic acids is 3. The number of hydrogen-bond acceptors (Lipinski definition) is 8. The largest absolute Gasteiger partial charge is 0.497 e. The molecule has 0 saturated carbocycles. The van der Waals surface area contributed by atoms with Crippen molar-refractivity contribution in [1.29, 1.82) is 0 Å². The maximum Gasteiger partial charge on any atom is 0.305 e. The summed E-state index contributed by atoms with van der Waals surface area (Å²) in [5.41, 5.74) is 1.92. The summed E-state index contributed by atoms with van der Waals surface area (Å²) in [5, 5.41) is 2.69. The molecule has 2 aliphatic rings. The molecule has 40 heavy (non-hydrogen) atoms. The fraction of sp³-hybridized carbons (Fsp3) is 0.172. The maximum absolute atomic E-state index is 13.8. The molecule has 3 unspecified atom stereocenters. The van der Waals surface area contributed by atoms with Crippen molar-refractivity contribution in [2.24, 2.45) is 5.92 Å².